The molecular formula is C26H27BrClN3O4S. The van der Waals surface area contributed by atoms with Gasteiger partial charge in [-0.1, -0.05) is 76.1 Å². The van der Waals surface area contributed by atoms with Gasteiger partial charge in [-0.2, -0.15) is 0 Å². The third kappa shape index (κ3) is 7.56. The Bertz CT molecular complexity index is 1300. The Morgan fingerprint density at radius 1 is 0.972 bits per heavy atom. The lowest BCUT2D eigenvalue weighted by Crippen LogP contribution is -2.52. The molecule has 0 aliphatic carbocycles. The Morgan fingerprint density at radius 3 is 2.22 bits per heavy atom. The number of likely N-dealkylation sites (N-methyl/N-ethyl adjacent to an activating group) is 1. The van der Waals surface area contributed by atoms with Crippen LogP contribution in [0.3, 0.4) is 0 Å². The summed E-state index contributed by atoms with van der Waals surface area (Å²) in [6, 6.07) is 22.2. The molecule has 0 radical (unpaired) electrons. The molecule has 0 saturated heterocycles. The van der Waals surface area contributed by atoms with E-state index in [2.05, 4.69) is 21.2 Å². The number of amides is 2. The van der Waals surface area contributed by atoms with Crippen LogP contribution >= 0.6 is 27.5 Å². The molecule has 1 unspecified atom stereocenters. The summed E-state index contributed by atoms with van der Waals surface area (Å²) >= 11 is 9.49. The van der Waals surface area contributed by atoms with Crippen LogP contribution in [0.1, 0.15) is 11.1 Å². The summed E-state index contributed by atoms with van der Waals surface area (Å²) in [6.07, 6.45) is 1.29. The second-order valence-electron chi connectivity index (χ2n) is 8.22. The number of hydrogen-bond donors (Lipinski definition) is 1. The number of carbonyl (C=O) groups excluding carboxylic acids is 2. The van der Waals surface area contributed by atoms with Gasteiger partial charge in [0.1, 0.15) is 12.6 Å². The Labute approximate surface area is 225 Å². The van der Waals surface area contributed by atoms with Crippen LogP contribution in [0.15, 0.2) is 83.3 Å². The summed E-state index contributed by atoms with van der Waals surface area (Å²) in [7, 11) is -2.32. The van der Waals surface area contributed by atoms with Crippen molar-refractivity contribution in [1.82, 2.24) is 10.2 Å². The molecule has 1 N–H and O–H groups in total. The second kappa shape index (κ2) is 12.4. The van der Waals surface area contributed by atoms with E-state index in [1.54, 1.807) is 18.2 Å². The van der Waals surface area contributed by atoms with Crippen molar-refractivity contribution in [2.75, 3.05) is 24.2 Å². The molecule has 0 aliphatic heterocycles. The predicted molar refractivity (Wildman–Crippen MR) is 146 cm³/mol. The molecular weight excluding hydrogens is 566 g/mol. The molecule has 0 aromatic heterocycles. The van der Waals surface area contributed by atoms with Gasteiger partial charge in [0.25, 0.3) is 0 Å². The van der Waals surface area contributed by atoms with Crippen molar-refractivity contribution >= 4 is 55.1 Å². The van der Waals surface area contributed by atoms with Gasteiger partial charge in [0, 0.05) is 29.5 Å². The maximum atomic E-state index is 13.8. The van der Waals surface area contributed by atoms with Crippen LogP contribution in [0, 0.1) is 0 Å². The summed E-state index contributed by atoms with van der Waals surface area (Å²) < 4.78 is 27.2. The number of nitrogens with zero attached hydrogens (tertiary/aromatic N) is 2. The molecule has 3 aromatic carbocycles. The summed E-state index contributed by atoms with van der Waals surface area (Å²) in [5.41, 5.74) is 1.93. The van der Waals surface area contributed by atoms with E-state index in [1.165, 1.54) is 18.0 Å². The highest BCUT2D eigenvalue weighted by Gasteiger charge is 2.32. The van der Waals surface area contributed by atoms with Gasteiger partial charge in [-0.05, 0) is 41.5 Å². The molecule has 0 heterocycles. The van der Waals surface area contributed by atoms with Crippen LogP contribution in [0.2, 0.25) is 5.02 Å². The molecule has 0 aliphatic rings. The van der Waals surface area contributed by atoms with E-state index in [4.69, 9.17) is 11.6 Å². The summed E-state index contributed by atoms with van der Waals surface area (Å²) in [5, 5.41) is 2.99. The lowest BCUT2D eigenvalue weighted by molar-refractivity contribution is -0.139. The van der Waals surface area contributed by atoms with Crippen LogP contribution in [-0.2, 0) is 32.6 Å². The van der Waals surface area contributed by atoms with Gasteiger partial charge in [0.05, 0.1) is 11.9 Å². The molecule has 0 saturated carbocycles. The van der Waals surface area contributed by atoms with E-state index < -0.39 is 28.5 Å². The number of rotatable bonds is 10. The number of carbonyl (C=O) groups is 2. The van der Waals surface area contributed by atoms with Crippen molar-refractivity contribution in [3.8, 4) is 0 Å². The third-order valence-electron chi connectivity index (χ3n) is 5.56. The maximum Gasteiger partial charge on any atom is 0.244 e. The quantitative estimate of drug-likeness (QED) is 0.381. The van der Waals surface area contributed by atoms with E-state index in [-0.39, 0.29) is 24.6 Å². The van der Waals surface area contributed by atoms with Gasteiger partial charge in [0.2, 0.25) is 21.8 Å². The van der Waals surface area contributed by atoms with Crippen molar-refractivity contribution in [3.63, 3.8) is 0 Å². The van der Waals surface area contributed by atoms with Gasteiger partial charge < -0.3 is 10.2 Å². The zero-order chi connectivity index (χ0) is 26.3. The fraction of sp³-hybridized carbons (Fsp3) is 0.231. The molecule has 0 bridgehead atoms. The monoisotopic (exact) mass is 591 g/mol. The van der Waals surface area contributed by atoms with E-state index in [1.807, 2.05) is 54.6 Å². The molecule has 2 amide bonds. The van der Waals surface area contributed by atoms with E-state index >= 15 is 0 Å². The Balaban J connectivity index is 2.01. The Hall–Kier alpha value is -2.88. The zero-order valence-electron chi connectivity index (χ0n) is 19.9. The standard InChI is InChI=1S/C26H27BrClN3O4S/c1-29-26(33)24(15-19-7-4-3-5-8-19)30(17-20-11-13-21(27)14-12-20)25(32)18-31(36(2,34)35)23-10-6-9-22(28)16-23/h3-14,16,24H,15,17-18H2,1-2H3,(H,29,33). The summed E-state index contributed by atoms with van der Waals surface area (Å²) in [6.45, 7) is -0.373. The smallest absolute Gasteiger partial charge is 0.244 e. The summed E-state index contributed by atoms with van der Waals surface area (Å²) in [5.74, 6) is -0.870. The van der Waals surface area contributed by atoms with Crippen molar-refractivity contribution in [2.24, 2.45) is 0 Å². The molecule has 3 rings (SSSR count). The lowest BCUT2D eigenvalue weighted by atomic mass is 10.0. The SMILES string of the molecule is CNC(=O)C(Cc1ccccc1)N(Cc1ccc(Br)cc1)C(=O)CN(c1cccc(Cl)c1)S(C)(=O)=O. The second-order valence-corrected chi connectivity index (χ2v) is 11.5. The van der Waals surface area contributed by atoms with E-state index in [0.717, 1.165) is 26.2 Å². The van der Waals surface area contributed by atoms with Crippen molar-refractivity contribution < 1.29 is 18.0 Å². The molecule has 0 fully saturated rings. The highest BCUT2D eigenvalue weighted by Crippen LogP contribution is 2.23. The molecule has 7 nitrogen and oxygen atoms in total. The first-order valence-corrected chi connectivity index (χ1v) is 14.1. The van der Waals surface area contributed by atoms with Gasteiger partial charge in [0.15, 0.2) is 0 Å². The fourth-order valence-corrected chi connectivity index (χ4v) is 5.04. The molecule has 10 heteroatoms. The number of benzene rings is 3. The first-order valence-electron chi connectivity index (χ1n) is 11.1. The minimum atomic E-state index is -3.83. The third-order valence-corrected chi connectivity index (χ3v) is 7.46. The van der Waals surface area contributed by atoms with E-state index in [0.29, 0.717) is 5.02 Å². The lowest BCUT2D eigenvalue weighted by Gasteiger charge is -2.33. The van der Waals surface area contributed by atoms with E-state index in [9.17, 15) is 18.0 Å². The first-order chi connectivity index (χ1) is 17.1. The van der Waals surface area contributed by atoms with Gasteiger partial charge in [-0.25, -0.2) is 8.42 Å². The zero-order valence-corrected chi connectivity index (χ0v) is 23.1. The minimum Gasteiger partial charge on any atom is -0.357 e. The molecule has 3 aromatic rings. The van der Waals surface area contributed by atoms with Crippen LogP contribution in [0.4, 0.5) is 5.69 Å². The first kappa shape index (κ1) is 27.7. The van der Waals surface area contributed by atoms with Gasteiger partial charge in [-0.15, -0.1) is 0 Å². The normalized spacial score (nSPS) is 12.0. The maximum absolute atomic E-state index is 13.8. The Morgan fingerprint density at radius 2 is 1.64 bits per heavy atom. The molecule has 36 heavy (non-hydrogen) atoms. The van der Waals surface area contributed by atoms with Crippen molar-refractivity contribution in [2.45, 2.75) is 19.0 Å². The number of halogens is 2. The van der Waals surface area contributed by atoms with Crippen molar-refractivity contribution in [3.05, 3.63) is 99.5 Å². The average Bonchev–Trinajstić information content (AvgIpc) is 2.85. The van der Waals surface area contributed by atoms with Crippen LogP contribution in [-0.4, -0.2) is 51.0 Å². The predicted octanol–water partition coefficient (Wildman–Crippen LogP) is 4.25. The number of anilines is 1. The van der Waals surface area contributed by atoms with Crippen LogP contribution < -0.4 is 9.62 Å². The molecule has 190 valence electrons. The van der Waals surface area contributed by atoms with Crippen molar-refractivity contribution in [1.29, 1.82) is 0 Å². The number of nitrogens with one attached hydrogen (secondary N) is 1. The Kier molecular flexibility index (Phi) is 9.53. The van der Waals surface area contributed by atoms with Crippen LogP contribution in [0.25, 0.3) is 0 Å². The minimum absolute atomic E-state index is 0.115. The number of sulfonamides is 1. The average molecular weight is 593 g/mol. The number of hydrogen-bond acceptors (Lipinski definition) is 4. The van der Waals surface area contributed by atoms with Gasteiger partial charge >= 0.3 is 0 Å². The molecule has 1 atom stereocenters. The fourth-order valence-electron chi connectivity index (χ4n) is 3.75. The topological polar surface area (TPSA) is 86.8 Å². The highest BCUT2D eigenvalue weighted by molar-refractivity contribution is 9.10. The van der Waals surface area contributed by atoms with Crippen LogP contribution in [0.5, 0.6) is 0 Å². The summed E-state index contributed by atoms with van der Waals surface area (Å²) in [4.78, 5) is 28.2. The van der Waals surface area contributed by atoms with Gasteiger partial charge in [-0.3, -0.25) is 13.9 Å². The highest BCUT2D eigenvalue weighted by atomic mass is 79.9. The largest absolute Gasteiger partial charge is 0.357 e. The molecule has 0 spiro atoms.